The van der Waals surface area contributed by atoms with Gasteiger partial charge in [-0.2, -0.15) is 0 Å². The summed E-state index contributed by atoms with van der Waals surface area (Å²) in [5.41, 5.74) is 0.566. The van der Waals surface area contributed by atoms with Crippen molar-refractivity contribution in [2.24, 2.45) is 0 Å². The Morgan fingerprint density at radius 1 is 1.53 bits per heavy atom. The van der Waals surface area contributed by atoms with E-state index in [0.29, 0.717) is 17.1 Å². The summed E-state index contributed by atoms with van der Waals surface area (Å²) >= 11 is 5.89. The van der Waals surface area contributed by atoms with E-state index in [0.717, 1.165) is 0 Å². The van der Waals surface area contributed by atoms with Gasteiger partial charge in [0.25, 0.3) is 5.69 Å². The number of hydrogen-bond acceptors (Lipinski definition) is 4. The number of carbonyl (C=O) groups excluding carboxylic acids is 1. The van der Waals surface area contributed by atoms with E-state index >= 15 is 0 Å². The van der Waals surface area contributed by atoms with Gasteiger partial charge in [-0.1, -0.05) is 11.6 Å². The molecule has 0 bridgehead atoms. The smallest absolute Gasteiger partial charge is 0.269 e. The van der Waals surface area contributed by atoms with Crippen molar-refractivity contribution in [2.75, 3.05) is 13.6 Å². The van der Waals surface area contributed by atoms with Gasteiger partial charge in [0, 0.05) is 30.7 Å². The van der Waals surface area contributed by atoms with Gasteiger partial charge in [0.2, 0.25) is 5.91 Å². The predicted octanol–water partition coefficient (Wildman–Crippen LogP) is 1.08. The number of nitro groups is 1. The van der Waals surface area contributed by atoms with Crippen LogP contribution in [0.1, 0.15) is 5.56 Å². The van der Waals surface area contributed by atoms with Gasteiger partial charge in [-0.15, -0.1) is 0 Å². The average Bonchev–Trinajstić information content (AvgIpc) is 2.30. The number of rotatable bonds is 5. The Morgan fingerprint density at radius 2 is 2.24 bits per heavy atom. The predicted molar refractivity (Wildman–Crippen MR) is 63.9 cm³/mol. The van der Waals surface area contributed by atoms with E-state index in [2.05, 4.69) is 10.6 Å². The Morgan fingerprint density at radius 3 is 2.82 bits per heavy atom. The number of nitro benzene ring substituents is 1. The molecule has 0 aliphatic carbocycles. The number of amides is 1. The first-order chi connectivity index (χ1) is 8.04. The topological polar surface area (TPSA) is 84.3 Å². The zero-order valence-electron chi connectivity index (χ0n) is 9.20. The van der Waals surface area contributed by atoms with Gasteiger partial charge in [0.1, 0.15) is 0 Å². The van der Waals surface area contributed by atoms with Gasteiger partial charge in [-0.3, -0.25) is 14.9 Å². The monoisotopic (exact) mass is 257 g/mol. The SMILES string of the molecule is CNC(=O)CNCc1cc([N+](=O)[O-])ccc1Cl. The van der Waals surface area contributed by atoms with Crippen LogP contribution in [0.15, 0.2) is 18.2 Å². The third kappa shape index (κ3) is 4.01. The van der Waals surface area contributed by atoms with Crippen LogP contribution in [0.25, 0.3) is 0 Å². The summed E-state index contributed by atoms with van der Waals surface area (Å²) in [6.45, 7) is 0.434. The number of carbonyl (C=O) groups is 1. The van der Waals surface area contributed by atoms with Crippen LogP contribution in [0.4, 0.5) is 5.69 Å². The molecule has 0 aliphatic rings. The van der Waals surface area contributed by atoms with Crippen molar-refractivity contribution in [1.82, 2.24) is 10.6 Å². The summed E-state index contributed by atoms with van der Waals surface area (Å²) < 4.78 is 0. The molecule has 0 aliphatic heterocycles. The molecule has 1 amide bonds. The van der Waals surface area contributed by atoms with E-state index in [1.54, 1.807) is 0 Å². The number of non-ortho nitro benzene ring substituents is 1. The average molecular weight is 258 g/mol. The highest BCUT2D eigenvalue weighted by Crippen LogP contribution is 2.21. The molecule has 2 N–H and O–H groups in total. The molecular formula is C10H12ClN3O3. The van der Waals surface area contributed by atoms with Crippen LogP contribution in [0.3, 0.4) is 0 Å². The van der Waals surface area contributed by atoms with Gasteiger partial charge in [0.15, 0.2) is 0 Å². The molecule has 0 saturated heterocycles. The van der Waals surface area contributed by atoms with Crippen molar-refractivity contribution in [1.29, 1.82) is 0 Å². The normalized spacial score (nSPS) is 10.0. The third-order valence-electron chi connectivity index (χ3n) is 2.12. The Hall–Kier alpha value is -1.66. The molecule has 0 heterocycles. The second kappa shape index (κ2) is 6.17. The van der Waals surface area contributed by atoms with E-state index in [4.69, 9.17) is 11.6 Å². The fourth-order valence-electron chi connectivity index (χ4n) is 1.21. The minimum Gasteiger partial charge on any atom is -0.358 e. The quantitative estimate of drug-likeness (QED) is 0.611. The molecule has 0 atom stereocenters. The van der Waals surface area contributed by atoms with Crippen LogP contribution < -0.4 is 10.6 Å². The van der Waals surface area contributed by atoms with Crippen LogP contribution in [0.2, 0.25) is 5.02 Å². The lowest BCUT2D eigenvalue weighted by atomic mass is 10.2. The Labute approximate surface area is 103 Å². The van der Waals surface area contributed by atoms with E-state index in [1.807, 2.05) is 0 Å². The van der Waals surface area contributed by atoms with Gasteiger partial charge in [-0.05, 0) is 11.6 Å². The zero-order valence-corrected chi connectivity index (χ0v) is 9.95. The van der Waals surface area contributed by atoms with Crippen LogP contribution in [0.5, 0.6) is 0 Å². The minimum atomic E-state index is -0.488. The second-order valence-corrected chi connectivity index (χ2v) is 3.72. The maximum absolute atomic E-state index is 10.9. The summed E-state index contributed by atoms with van der Waals surface area (Å²) in [5.74, 6) is -0.161. The highest BCUT2D eigenvalue weighted by Gasteiger charge is 2.09. The van der Waals surface area contributed by atoms with Gasteiger partial charge in [0.05, 0.1) is 11.5 Å². The Balaban J connectivity index is 2.66. The second-order valence-electron chi connectivity index (χ2n) is 3.31. The molecule has 6 nitrogen and oxygen atoms in total. The van der Waals surface area contributed by atoms with E-state index < -0.39 is 4.92 Å². The van der Waals surface area contributed by atoms with Gasteiger partial charge >= 0.3 is 0 Å². The lowest BCUT2D eigenvalue weighted by Gasteiger charge is -2.05. The fraction of sp³-hybridized carbons (Fsp3) is 0.300. The van der Waals surface area contributed by atoms with Crippen molar-refractivity contribution in [2.45, 2.75) is 6.54 Å². The maximum Gasteiger partial charge on any atom is 0.269 e. The fourth-order valence-corrected chi connectivity index (χ4v) is 1.39. The summed E-state index contributed by atoms with van der Waals surface area (Å²) in [6.07, 6.45) is 0. The number of nitrogens with one attached hydrogen (secondary N) is 2. The minimum absolute atomic E-state index is 0.0221. The first-order valence-corrected chi connectivity index (χ1v) is 5.26. The molecule has 0 aromatic heterocycles. The molecule has 17 heavy (non-hydrogen) atoms. The lowest BCUT2D eigenvalue weighted by molar-refractivity contribution is -0.384. The van der Waals surface area contributed by atoms with Crippen LogP contribution in [-0.4, -0.2) is 24.4 Å². The van der Waals surface area contributed by atoms with Crippen molar-refractivity contribution in [3.63, 3.8) is 0 Å². The van der Waals surface area contributed by atoms with Crippen LogP contribution in [0, 0.1) is 10.1 Å². The van der Waals surface area contributed by atoms with Crippen LogP contribution in [-0.2, 0) is 11.3 Å². The number of nitrogens with zero attached hydrogens (tertiary/aromatic N) is 1. The Kier molecular flexibility index (Phi) is 4.86. The van der Waals surface area contributed by atoms with E-state index in [1.165, 1.54) is 25.2 Å². The molecule has 0 radical (unpaired) electrons. The standard InChI is InChI=1S/C10H12ClN3O3/c1-12-10(15)6-13-5-7-4-8(14(16)17)2-3-9(7)11/h2-4,13H,5-6H2,1H3,(H,12,15). The molecule has 0 saturated carbocycles. The highest BCUT2D eigenvalue weighted by molar-refractivity contribution is 6.31. The van der Waals surface area contributed by atoms with E-state index in [9.17, 15) is 14.9 Å². The van der Waals surface area contributed by atoms with Crippen molar-refractivity contribution < 1.29 is 9.72 Å². The summed E-state index contributed by atoms with van der Waals surface area (Å²) in [6, 6.07) is 4.19. The molecule has 1 rings (SSSR count). The van der Waals surface area contributed by atoms with Gasteiger partial charge in [-0.25, -0.2) is 0 Å². The number of hydrogen-bond donors (Lipinski definition) is 2. The maximum atomic E-state index is 10.9. The molecule has 1 aromatic rings. The van der Waals surface area contributed by atoms with Crippen molar-refractivity contribution in [3.05, 3.63) is 38.9 Å². The Bertz CT molecular complexity index is 437. The summed E-state index contributed by atoms with van der Waals surface area (Å²) in [4.78, 5) is 21.0. The number of likely N-dealkylation sites (N-methyl/N-ethyl adjacent to an activating group) is 1. The molecule has 0 fully saturated rings. The van der Waals surface area contributed by atoms with E-state index in [-0.39, 0.29) is 18.1 Å². The third-order valence-corrected chi connectivity index (χ3v) is 2.49. The number of halogens is 1. The summed E-state index contributed by atoms with van der Waals surface area (Å²) in [7, 11) is 1.53. The largest absolute Gasteiger partial charge is 0.358 e. The zero-order chi connectivity index (χ0) is 12.8. The number of benzene rings is 1. The molecular weight excluding hydrogens is 246 g/mol. The van der Waals surface area contributed by atoms with Crippen molar-refractivity contribution >= 4 is 23.2 Å². The van der Waals surface area contributed by atoms with Crippen LogP contribution >= 0.6 is 11.6 Å². The molecule has 92 valence electrons. The lowest BCUT2D eigenvalue weighted by Crippen LogP contribution is -2.31. The van der Waals surface area contributed by atoms with Crippen molar-refractivity contribution in [3.8, 4) is 0 Å². The first-order valence-electron chi connectivity index (χ1n) is 4.88. The first kappa shape index (κ1) is 13.4. The highest BCUT2D eigenvalue weighted by atomic mass is 35.5. The van der Waals surface area contributed by atoms with Gasteiger partial charge < -0.3 is 10.6 Å². The summed E-state index contributed by atoms with van der Waals surface area (Å²) in [5, 5.41) is 16.3. The molecule has 7 heteroatoms. The molecule has 1 aromatic carbocycles. The molecule has 0 spiro atoms. The molecule has 0 unspecified atom stereocenters.